The van der Waals surface area contributed by atoms with Gasteiger partial charge in [-0.3, -0.25) is 9.59 Å². The molecule has 6 nitrogen and oxygen atoms in total. The maximum atomic E-state index is 13.5. The van der Waals surface area contributed by atoms with Crippen molar-refractivity contribution in [3.63, 3.8) is 0 Å². The molecule has 7 rings (SSSR count). The van der Waals surface area contributed by atoms with Crippen molar-refractivity contribution in [1.82, 2.24) is 20.6 Å². The Labute approximate surface area is 287 Å². The van der Waals surface area contributed by atoms with Crippen LogP contribution in [0.15, 0.2) is 133 Å². The number of aromatic nitrogens is 2. The maximum absolute atomic E-state index is 13.5. The van der Waals surface area contributed by atoms with Crippen molar-refractivity contribution < 1.29 is 9.59 Å². The molecule has 7 aromatic rings. The van der Waals surface area contributed by atoms with E-state index in [0.717, 1.165) is 44.1 Å². The molecule has 5 aromatic carbocycles. The molecule has 0 aliphatic carbocycles. The molecule has 0 unspecified atom stereocenters. The zero-order valence-electron chi connectivity index (χ0n) is 25.6. The number of hydrogen-bond acceptors (Lipinski definition) is 4. The molecule has 48 heavy (non-hydrogen) atoms. The average Bonchev–Trinajstić information content (AvgIpc) is 3.13. The molecule has 0 bridgehead atoms. The molecular formula is C40H28Cl2N4O2. The molecule has 0 saturated carbocycles. The Balaban J connectivity index is 1.03. The van der Waals surface area contributed by atoms with E-state index >= 15 is 0 Å². The van der Waals surface area contributed by atoms with Crippen LogP contribution in [0.1, 0.15) is 31.8 Å². The van der Waals surface area contributed by atoms with Crippen LogP contribution in [0.3, 0.4) is 0 Å². The van der Waals surface area contributed by atoms with E-state index in [1.165, 1.54) is 0 Å². The van der Waals surface area contributed by atoms with E-state index in [9.17, 15) is 9.59 Å². The van der Waals surface area contributed by atoms with Crippen molar-refractivity contribution in [2.45, 2.75) is 13.1 Å². The first-order valence-electron chi connectivity index (χ1n) is 15.4. The monoisotopic (exact) mass is 666 g/mol. The molecule has 2 heterocycles. The van der Waals surface area contributed by atoms with E-state index in [2.05, 4.69) is 10.6 Å². The lowest BCUT2D eigenvalue weighted by molar-refractivity contribution is 0.0944. The van der Waals surface area contributed by atoms with Crippen LogP contribution in [0.25, 0.3) is 44.3 Å². The highest BCUT2D eigenvalue weighted by atomic mass is 35.5. The van der Waals surface area contributed by atoms with Crippen LogP contribution in [0.5, 0.6) is 0 Å². The Kier molecular flexibility index (Phi) is 8.84. The second-order valence-electron chi connectivity index (χ2n) is 11.3. The van der Waals surface area contributed by atoms with Gasteiger partial charge in [0.2, 0.25) is 0 Å². The van der Waals surface area contributed by atoms with Crippen LogP contribution >= 0.6 is 23.2 Å². The second kappa shape index (κ2) is 13.7. The van der Waals surface area contributed by atoms with Gasteiger partial charge in [0, 0.05) is 45.0 Å². The van der Waals surface area contributed by atoms with Crippen molar-refractivity contribution in [3.8, 4) is 22.5 Å². The fraction of sp³-hybridized carbons (Fsp3) is 0.0500. The van der Waals surface area contributed by atoms with E-state index < -0.39 is 0 Å². The van der Waals surface area contributed by atoms with Crippen molar-refractivity contribution >= 4 is 56.8 Å². The van der Waals surface area contributed by atoms with E-state index in [-0.39, 0.29) is 11.8 Å². The molecule has 0 aliphatic heterocycles. The lowest BCUT2D eigenvalue weighted by Crippen LogP contribution is -2.24. The zero-order valence-corrected chi connectivity index (χ0v) is 27.1. The molecule has 0 aliphatic rings. The van der Waals surface area contributed by atoms with Crippen molar-refractivity contribution in [1.29, 1.82) is 0 Å². The highest BCUT2D eigenvalue weighted by Crippen LogP contribution is 2.28. The van der Waals surface area contributed by atoms with Gasteiger partial charge in [-0.25, -0.2) is 9.97 Å². The smallest absolute Gasteiger partial charge is 0.252 e. The third-order valence-electron chi connectivity index (χ3n) is 8.13. The topological polar surface area (TPSA) is 84.0 Å². The van der Waals surface area contributed by atoms with Gasteiger partial charge in [-0.1, -0.05) is 108 Å². The number of nitrogens with one attached hydrogen (secondary N) is 2. The van der Waals surface area contributed by atoms with Gasteiger partial charge >= 0.3 is 0 Å². The summed E-state index contributed by atoms with van der Waals surface area (Å²) in [4.78, 5) is 36.4. The van der Waals surface area contributed by atoms with E-state index in [1.807, 2.05) is 133 Å². The Morgan fingerprint density at radius 3 is 1.27 bits per heavy atom. The highest BCUT2D eigenvalue weighted by molar-refractivity contribution is 6.31. The fourth-order valence-electron chi connectivity index (χ4n) is 5.59. The quantitative estimate of drug-likeness (QED) is 0.169. The third-order valence-corrected chi connectivity index (χ3v) is 8.63. The maximum Gasteiger partial charge on any atom is 0.252 e. The first-order chi connectivity index (χ1) is 23.4. The SMILES string of the molecule is O=C(NCc1ccc(CNC(=O)c2cc(-c3ccc(Cl)cc3)nc3ccccc23)cc1)c1cc(-c2ccc(Cl)cc2)nc2ccccc12. The summed E-state index contributed by atoms with van der Waals surface area (Å²) in [6.45, 7) is 0.684. The van der Waals surface area contributed by atoms with E-state index in [1.54, 1.807) is 0 Å². The normalized spacial score (nSPS) is 11.0. The van der Waals surface area contributed by atoms with Gasteiger partial charge < -0.3 is 10.6 Å². The predicted molar refractivity (Wildman–Crippen MR) is 193 cm³/mol. The molecule has 0 atom stereocenters. The van der Waals surface area contributed by atoms with Crippen LogP contribution in [0, 0.1) is 0 Å². The largest absolute Gasteiger partial charge is 0.348 e. The summed E-state index contributed by atoms with van der Waals surface area (Å²) in [5, 5.41) is 8.94. The minimum atomic E-state index is -0.192. The highest BCUT2D eigenvalue weighted by Gasteiger charge is 2.16. The van der Waals surface area contributed by atoms with Gasteiger partial charge in [0.25, 0.3) is 11.8 Å². The van der Waals surface area contributed by atoms with Crippen LogP contribution in [0.2, 0.25) is 10.0 Å². The van der Waals surface area contributed by atoms with Crippen LogP contribution in [-0.2, 0) is 13.1 Å². The van der Waals surface area contributed by atoms with Crippen molar-refractivity contribution in [3.05, 3.63) is 166 Å². The van der Waals surface area contributed by atoms with Gasteiger partial charge in [-0.2, -0.15) is 0 Å². The molecule has 0 saturated heterocycles. The van der Waals surface area contributed by atoms with Gasteiger partial charge in [-0.15, -0.1) is 0 Å². The zero-order chi connectivity index (χ0) is 33.0. The van der Waals surface area contributed by atoms with Gasteiger partial charge in [0.05, 0.1) is 33.5 Å². The second-order valence-corrected chi connectivity index (χ2v) is 12.2. The molecule has 234 valence electrons. The first-order valence-corrected chi connectivity index (χ1v) is 16.1. The fourth-order valence-corrected chi connectivity index (χ4v) is 5.85. The number of nitrogens with zero attached hydrogens (tertiary/aromatic N) is 2. The van der Waals surface area contributed by atoms with Crippen molar-refractivity contribution in [2.75, 3.05) is 0 Å². The molecule has 2 amide bonds. The number of rotatable bonds is 8. The summed E-state index contributed by atoms with van der Waals surface area (Å²) in [5.41, 5.74) is 7.59. The van der Waals surface area contributed by atoms with Gasteiger partial charge in [0.1, 0.15) is 0 Å². The van der Waals surface area contributed by atoms with Gasteiger partial charge in [-0.05, 0) is 59.7 Å². The lowest BCUT2D eigenvalue weighted by Gasteiger charge is -2.12. The Morgan fingerprint density at radius 2 is 0.875 bits per heavy atom. The number of amides is 2. The molecule has 0 spiro atoms. The molecule has 2 aromatic heterocycles. The summed E-state index contributed by atoms with van der Waals surface area (Å²) in [5.74, 6) is -0.384. The Morgan fingerprint density at radius 1 is 0.500 bits per heavy atom. The van der Waals surface area contributed by atoms with Crippen LogP contribution < -0.4 is 10.6 Å². The number of carbonyl (C=O) groups is 2. The standard InChI is InChI=1S/C40H28Cl2N4O2/c41-29-17-13-27(14-18-29)37-21-33(31-5-1-3-7-35(31)45-37)39(47)43-23-25-9-11-26(12-10-25)24-44-40(48)34-22-38(28-15-19-30(42)20-16-28)46-36-8-4-2-6-32(34)36/h1-22H,23-24H2,(H,43,47)(H,44,48). The Bertz CT molecular complexity index is 2120. The first kappa shape index (κ1) is 31.1. The molecule has 2 N–H and O–H groups in total. The van der Waals surface area contributed by atoms with E-state index in [0.29, 0.717) is 45.6 Å². The van der Waals surface area contributed by atoms with Crippen molar-refractivity contribution in [2.24, 2.45) is 0 Å². The summed E-state index contributed by atoms with van der Waals surface area (Å²) in [7, 11) is 0. The summed E-state index contributed by atoms with van der Waals surface area (Å²) >= 11 is 12.2. The predicted octanol–water partition coefficient (Wildman–Crippen LogP) is 9.28. The molecular weight excluding hydrogens is 639 g/mol. The van der Waals surface area contributed by atoms with Gasteiger partial charge in [0.15, 0.2) is 0 Å². The number of para-hydroxylation sites is 2. The summed E-state index contributed by atoms with van der Waals surface area (Å²) in [6, 6.07) is 41.5. The number of fused-ring (bicyclic) bond motifs is 2. The van der Waals surface area contributed by atoms with E-state index in [4.69, 9.17) is 33.2 Å². The number of benzene rings is 5. The molecule has 8 heteroatoms. The summed E-state index contributed by atoms with van der Waals surface area (Å²) < 4.78 is 0. The minimum absolute atomic E-state index is 0.192. The number of carbonyl (C=O) groups excluding carboxylic acids is 2. The minimum Gasteiger partial charge on any atom is -0.348 e. The average molecular weight is 668 g/mol. The third kappa shape index (κ3) is 6.76. The Hall–Kier alpha value is -5.56. The number of halogens is 2. The summed E-state index contributed by atoms with van der Waals surface area (Å²) in [6.07, 6.45) is 0. The molecule has 0 radical (unpaired) electrons. The number of hydrogen-bond donors (Lipinski definition) is 2. The van der Waals surface area contributed by atoms with Crippen LogP contribution in [-0.4, -0.2) is 21.8 Å². The lowest BCUT2D eigenvalue weighted by atomic mass is 10.0. The van der Waals surface area contributed by atoms with Crippen LogP contribution in [0.4, 0.5) is 0 Å². The number of pyridine rings is 2. The molecule has 0 fully saturated rings.